The van der Waals surface area contributed by atoms with Crippen LogP contribution < -0.4 is 16.1 Å². The van der Waals surface area contributed by atoms with Crippen molar-refractivity contribution >= 4 is 6.09 Å². The van der Waals surface area contributed by atoms with Crippen LogP contribution in [-0.4, -0.2) is 30.6 Å². The van der Waals surface area contributed by atoms with Crippen LogP contribution in [0.4, 0.5) is 4.79 Å². The molecule has 0 aromatic carbocycles. The molecule has 6 nitrogen and oxygen atoms in total. The molecule has 4 rings (SSSR count). The van der Waals surface area contributed by atoms with Crippen LogP contribution in [0.25, 0.3) is 0 Å². The number of hydroxylamine groups is 1. The molecule has 2 heterocycles. The third-order valence-electron chi connectivity index (χ3n) is 6.25. The largest absolute Gasteiger partial charge is 0.447 e. The first-order chi connectivity index (χ1) is 10.6. The molecule has 2 saturated heterocycles. The molecule has 5 unspecified atom stereocenters. The summed E-state index contributed by atoms with van der Waals surface area (Å²) >= 11 is 0. The highest BCUT2D eigenvalue weighted by molar-refractivity contribution is 5.71. The summed E-state index contributed by atoms with van der Waals surface area (Å²) in [7, 11) is 0. The summed E-state index contributed by atoms with van der Waals surface area (Å²) in [4.78, 5) is 17.1. The van der Waals surface area contributed by atoms with Gasteiger partial charge in [-0.3, -0.25) is 10.2 Å². The minimum absolute atomic E-state index is 0.0692. The number of fused-ring (bicyclic) bond motifs is 2. The lowest BCUT2D eigenvalue weighted by Crippen LogP contribution is -2.51. The van der Waals surface area contributed by atoms with Gasteiger partial charge in [0.2, 0.25) is 0 Å². The number of carbonyl (C=O) groups is 1. The average Bonchev–Trinajstić information content (AvgIpc) is 3.19. The Morgan fingerprint density at radius 3 is 2.77 bits per heavy atom. The van der Waals surface area contributed by atoms with Crippen molar-refractivity contribution in [3.05, 3.63) is 0 Å². The number of hydrogen-bond acceptors (Lipinski definition) is 5. The molecule has 0 bridgehead atoms. The van der Waals surface area contributed by atoms with E-state index >= 15 is 0 Å². The van der Waals surface area contributed by atoms with Gasteiger partial charge in [0.05, 0.1) is 11.7 Å². The molecule has 2 aliphatic heterocycles. The highest BCUT2D eigenvalue weighted by Gasteiger charge is 2.55. The van der Waals surface area contributed by atoms with E-state index in [1.165, 1.54) is 25.7 Å². The number of rotatable bonds is 2. The molecule has 2 saturated carbocycles. The summed E-state index contributed by atoms with van der Waals surface area (Å²) < 4.78 is 5.21. The van der Waals surface area contributed by atoms with Crippen molar-refractivity contribution in [3.8, 4) is 0 Å². The summed E-state index contributed by atoms with van der Waals surface area (Å²) in [6.45, 7) is 4.90. The molecule has 2 aliphatic carbocycles. The van der Waals surface area contributed by atoms with Gasteiger partial charge in [-0.25, -0.2) is 4.79 Å². The van der Waals surface area contributed by atoms with E-state index in [-0.39, 0.29) is 24.0 Å². The predicted molar refractivity (Wildman–Crippen MR) is 80.5 cm³/mol. The van der Waals surface area contributed by atoms with E-state index in [1.807, 2.05) is 0 Å². The van der Waals surface area contributed by atoms with Gasteiger partial charge in [0.15, 0.2) is 0 Å². The van der Waals surface area contributed by atoms with E-state index in [0.29, 0.717) is 30.3 Å². The SMILES string of the molecule is CC(C)C1NC(C2CCC3C(CC[C@]34COC(=O)N4)C2)NO1. The van der Waals surface area contributed by atoms with Crippen molar-refractivity contribution in [2.45, 2.75) is 63.9 Å². The van der Waals surface area contributed by atoms with Gasteiger partial charge in [-0.05, 0) is 55.8 Å². The number of ether oxygens (including phenoxy) is 1. The lowest BCUT2D eigenvalue weighted by molar-refractivity contribution is -0.00822. The van der Waals surface area contributed by atoms with E-state index in [4.69, 9.17) is 9.57 Å². The molecule has 4 fully saturated rings. The Balaban J connectivity index is 1.39. The predicted octanol–water partition coefficient (Wildman–Crippen LogP) is 1.72. The van der Waals surface area contributed by atoms with Crippen molar-refractivity contribution in [2.24, 2.45) is 23.7 Å². The summed E-state index contributed by atoms with van der Waals surface area (Å²) in [6.07, 6.45) is 5.97. The van der Waals surface area contributed by atoms with Gasteiger partial charge in [0, 0.05) is 0 Å². The highest BCUT2D eigenvalue weighted by atomic mass is 16.7. The summed E-state index contributed by atoms with van der Waals surface area (Å²) in [5.41, 5.74) is 3.13. The monoisotopic (exact) mass is 309 g/mol. The molecule has 1 spiro atoms. The molecule has 124 valence electrons. The Hall–Kier alpha value is -0.850. The molecule has 6 atom stereocenters. The van der Waals surface area contributed by atoms with E-state index in [1.54, 1.807) is 0 Å². The van der Waals surface area contributed by atoms with Gasteiger partial charge >= 0.3 is 6.09 Å². The Kier molecular flexibility index (Phi) is 3.58. The molecule has 22 heavy (non-hydrogen) atoms. The minimum Gasteiger partial charge on any atom is -0.447 e. The number of nitrogens with one attached hydrogen (secondary N) is 3. The third kappa shape index (κ3) is 2.32. The van der Waals surface area contributed by atoms with E-state index in [9.17, 15) is 4.79 Å². The second-order valence-electron chi connectivity index (χ2n) is 7.88. The maximum Gasteiger partial charge on any atom is 0.407 e. The van der Waals surface area contributed by atoms with Crippen LogP contribution in [0.15, 0.2) is 0 Å². The number of carbonyl (C=O) groups excluding carboxylic acids is 1. The van der Waals surface area contributed by atoms with Crippen LogP contribution in [0, 0.1) is 23.7 Å². The van der Waals surface area contributed by atoms with Crippen molar-refractivity contribution in [3.63, 3.8) is 0 Å². The Labute approximate surface area is 131 Å². The fourth-order valence-electron chi connectivity index (χ4n) is 5.03. The van der Waals surface area contributed by atoms with Crippen molar-refractivity contribution in [2.75, 3.05) is 6.61 Å². The van der Waals surface area contributed by atoms with E-state index in [0.717, 1.165) is 6.42 Å². The zero-order valence-electron chi connectivity index (χ0n) is 13.4. The fourth-order valence-corrected chi connectivity index (χ4v) is 5.03. The van der Waals surface area contributed by atoms with Crippen LogP contribution in [-0.2, 0) is 9.57 Å². The second-order valence-corrected chi connectivity index (χ2v) is 7.88. The number of amides is 1. The van der Waals surface area contributed by atoms with Gasteiger partial charge in [-0.15, -0.1) is 0 Å². The maximum absolute atomic E-state index is 11.5. The van der Waals surface area contributed by atoms with Crippen LogP contribution >= 0.6 is 0 Å². The maximum atomic E-state index is 11.5. The summed E-state index contributed by atoms with van der Waals surface area (Å²) in [5, 5.41) is 6.70. The summed E-state index contributed by atoms with van der Waals surface area (Å²) in [5.74, 6) is 2.36. The smallest absolute Gasteiger partial charge is 0.407 e. The molecule has 4 aliphatic rings. The first-order valence-electron chi connectivity index (χ1n) is 8.69. The second kappa shape index (κ2) is 5.35. The van der Waals surface area contributed by atoms with E-state index in [2.05, 4.69) is 30.0 Å². The average molecular weight is 309 g/mol. The lowest BCUT2D eigenvalue weighted by Gasteiger charge is -2.39. The Morgan fingerprint density at radius 1 is 1.23 bits per heavy atom. The quantitative estimate of drug-likeness (QED) is 0.724. The lowest BCUT2D eigenvalue weighted by atomic mass is 9.70. The molecule has 0 aromatic heterocycles. The van der Waals surface area contributed by atoms with Gasteiger partial charge in [-0.2, -0.15) is 5.48 Å². The number of alkyl carbamates (subject to hydrolysis) is 1. The van der Waals surface area contributed by atoms with Crippen molar-refractivity contribution in [1.29, 1.82) is 0 Å². The van der Waals surface area contributed by atoms with Gasteiger partial charge in [-0.1, -0.05) is 13.8 Å². The van der Waals surface area contributed by atoms with Crippen LogP contribution in [0.1, 0.15) is 46.0 Å². The normalized spacial score (nSPS) is 47.8. The minimum atomic E-state index is -0.227. The molecule has 0 aromatic rings. The van der Waals surface area contributed by atoms with Gasteiger partial charge in [0.1, 0.15) is 12.8 Å². The van der Waals surface area contributed by atoms with Gasteiger partial charge < -0.3 is 10.1 Å². The molecule has 3 N–H and O–H groups in total. The Morgan fingerprint density at radius 2 is 2.09 bits per heavy atom. The van der Waals surface area contributed by atoms with Crippen LogP contribution in [0.5, 0.6) is 0 Å². The fraction of sp³-hybridized carbons (Fsp3) is 0.938. The van der Waals surface area contributed by atoms with Crippen LogP contribution in [0.3, 0.4) is 0 Å². The van der Waals surface area contributed by atoms with Gasteiger partial charge in [0.25, 0.3) is 0 Å². The third-order valence-corrected chi connectivity index (χ3v) is 6.25. The highest BCUT2D eigenvalue weighted by Crippen LogP contribution is 2.51. The molecule has 0 radical (unpaired) electrons. The standard InChI is InChI=1S/C16H27N3O3/c1-9(2)14-17-13(19-22-14)11-3-4-12-10(7-11)5-6-16(12)8-21-15(20)18-16/h9-14,17,19H,3-8H2,1-2H3,(H,18,20)/t10?,11?,12?,13?,14?,16-/m0/s1. The molecule has 6 heteroatoms. The zero-order chi connectivity index (χ0) is 15.3. The number of cyclic esters (lactones) is 1. The first kappa shape index (κ1) is 14.7. The van der Waals surface area contributed by atoms with Crippen molar-refractivity contribution in [1.82, 2.24) is 16.1 Å². The topological polar surface area (TPSA) is 71.6 Å². The summed E-state index contributed by atoms with van der Waals surface area (Å²) in [6, 6.07) is 0. The number of hydrogen-bond donors (Lipinski definition) is 3. The van der Waals surface area contributed by atoms with Crippen molar-refractivity contribution < 1.29 is 14.4 Å². The first-order valence-corrected chi connectivity index (χ1v) is 8.69. The molecular weight excluding hydrogens is 282 g/mol. The van der Waals surface area contributed by atoms with E-state index < -0.39 is 0 Å². The molecule has 1 amide bonds. The van der Waals surface area contributed by atoms with Crippen LogP contribution in [0.2, 0.25) is 0 Å². The Bertz CT molecular complexity index is 458. The zero-order valence-corrected chi connectivity index (χ0v) is 13.4. The molecular formula is C16H27N3O3.